The molecule has 0 atom stereocenters. The molecule has 1 heterocycles. The van der Waals surface area contributed by atoms with Crippen molar-refractivity contribution in [2.45, 2.75) is 13.5 Å². The molecule has 4 nitrogen and oxygen atoms in total. The Labute approximate surface area is 141 Å². The number of carbonyl (C=O) groups is 1. The first-order valence-electron chi connectivity index (χ1n) is 7.69. The van der Waals surface area contributed by atoms with E-state index in [2.05, 4.69) is 11.1 Å². The van der Waals surface area contributed by atoms with Gasteiger partial charge in [-0.25, -0.2) is 0 Å². The maximum atomic E-state index is 12.9. The van der Waals surface area contributed by atoms with E-state index in [1.165, 1.54) is 0 Å². The summed E-state index contributed by atoms with van der Waals surface area (Å²) in [6, 6.07) is 18.9. The largest absolute Gasteiger partial charge is 0.337 e. The minimum Gasteiger partial charge on any atom is -0.337 e. The van der Waals surface area contributed by atoms with E-state index in [0.717, 1.165) is 22.2 Å². The summed E-state index contributed by atoms with van der Waals surface area (Å²) in [5.74, 6) is -0.0407. The Hall–Kier alpha value is -3.19. The lowest BCUT2D eigenvalue weighted by molar-refractivity contribution is 0.0787. The number of hydrogen-bond acceptors (Lipinski definition) is 3. The third kappa shape index (κ3) is 3.11. The summed E-state index contributed by atoms with van der Waals surface area (Å²) in [6.07, 6.45) is 0. The monoisotopic (exact) mass is 315 g/mol. The topological polar surface area (TPSA) is 57.0 Å². The minimum atomic E-state index is -0.0407. The summed E-state index contributed by atoms with van der Waals surface area (Å²) in [5.41, 5.74) is 3.91. The zero-order valence-corrected chi connectivity index (χ0v) is 13.7. The molecule has 0 aliphatic carbocycles. The van der Waals surface area contributed by atoms with Crippen LogP contribution in [0.3, 0.4) is 0 Å². The normalized spacial score (nSPS) is 10.4. The lowest BCUT2D eigenvalue weighted by Gasteiger charge is -2.18. The number of rotatable bonds is 3. The first-order valence-corrected chi connectivity index (χ1v) is 7.69. The van der Waals surface area contributed by atoms with E-state index in [9.17, 15) is 4.79 Å². The number of nitrogens with zero attached hydrogens (tertiary/aromatic N) is 3. The number of benzene rings is 2. The fraction of sp³-hybridized carbons (Fsp3) is 0.150. The maximum Gasteiger partial charge on any atom is 0.254 e. The van der Waals surface area contributed by atoms with E-state index < -0.39 is 0 Å². The van der Waals surface area contributed by atoms with Crippen LogP contribution in [0.5, 0.6) is 0 Å². The number of hydrogen-bond donors (Lipinski definition) is 0. The number of pyridine rings is 1. The van der Waals surface area contributed by atoms with E-state index in [-0.39, 0.29) is 5.91 Å². The van der Waals surface area contributed by atoms with Gasteiger partial charge in [-0.2, -0.15) is 5.26 Å². The predicted octanol–water partition coefficient (Wildman–Crippen LogP) is 3.69. The van der Waals surface area contributed by atoms with Crippen LogP contribution in [0.1, 0.15) is 27.2 Å². The molecule has 0 aliphatic heterocycles. The highest BCUT2D eigenvalue weighted by atomic mass is 16.2. The molecule has 0 saturated carbocycles. The number of carbonyl (C=O) groups excluding carboxylic acids is 1. The molecule has 0 spiro atoms. The van der Waals surface area contributed by atoms with Crippen molar-refractivity contribution in [2.75, 3.05) is 7.05 Å². The van der Waals surface area contributed by atoms with Crippen LogP contribution >= 0.6 is 0 Å². The van der Waals surface area contributed by atoms with Crippen molar-refractivity contribution in [1.82, 2.24) is 9.88 Å². The highest BCUT2D eigenvalue weighted by Crippen LogP contribution is 2.20. The van der Waals surface area contributed by atoms with E-state index in [1.807, 2.05) is 49.4 Å². The van der Waals surface area contributed by atoms with Crippen LogP contribution in [0, 0.1) is 18.3 Å². The van der Waals surface area contributed by atoms with Gasteiger partial charge in [0.15, 0.2) is 0 Å². The van der Waals surface area contributed by atoms with Crippen molar-refractivity contribution in [3.8, 4) is 6.07 Å². The highest BCUT2D eigenvalue weighted by Gasteiger charge is 2.16. The van der Waals surface area contributed by atoms with Crippen molar-refractivity contribution in [1.29, 1.82) is 5.26 Å². The number of aryl methyl sites for hydroxylation is 1. The third-order valence-electron chi connectivity index (χ3n) is 3.92. The van der Waals surface area contributed by atoms with E-state index >= 15 is 0 Å². The number of fused-ring (bicyclic) bond motifs is 1. The molecule has 0 N–H and O–H groups in total. The molecular formula is C20H17N3O. The van der Waals surface area contributed by atoms with Gasteiger partial charge in [0.05, 0.1) is 22.7 Å². The quantitative estimate of drug-likeness (QED) is 0.740. The Morgan fingerprint density at radius 3 is 2.58 bits per heavy atom. The van der Waals surface area contributed by atoms with Crippen molar-refractivity contribution < 1.29 is 4.79 Å². The van der Waals surface area contributed by atoms with Crippen LogP contribution < -0.4 is 0 Å². The first-order chi connectivity index (χ1) is 11.6. The molecular weight excluding hydrogens is 298 g/mol. The fourth-order valence-corrected chi connectivity index (χ4v) is 2.72. The van der Waals surface area contributed by atoms with Gasteiger partial charge >= 0.3 is 0 Å². The summed E-state index contributed by atoms with van der Waals surface area (Å²) >= 11 is 0. The predicted molar refractivity (Wildman–Crippen MR) is 93.4 cm³/mol. The van der Waals surface area contributed by atoms with Gasteiger partial charge in [0.2, 0.25) is 0 Å². The van der Waals surface area contributed by atoms with E-state index in [1.54, 1.807) is 24.1 Å². The fourth-order valence-electron chi connectivity index (χ4n) is 2.72. The molecule has 0 saturated heterocycles. The first kappa shape index (κ1) is 15.7. The molecule has 3 rings (SSSR count). The molecule has 4 heteroatoms. The maximum absolute atomic E-state index is 12.9. The molecule has 24 heavy (non-hydrogen) atoms. The van der Waals surface area contributed by atoms with Gasteiger partial charge in [0.25, 0.3) is 5.91 Å². The second-order valence-corrected chi connectivity index (χ2v) is 5.80. The minimum absolute atomic E-state index is 0.0407. The zero-order valence-electron chi connectivity index (χ0n) is 13.7. The number of aromatic nitrogens is 1. The number of nitriles is 1. The molecule has 118 valence electrons. The Balaban J connectivity index is 1.89. The third-order valence-corrected chi connectivity index (χ3v) is 3.92. The van der Waals surface area contributed by atoms with Crippen molar-refractivity contribution in [3.63, 3.8) is 0 Å². The highest BCUT2D eigenvalue weighted by molar-refractivity contribution is 6.06. The Bertz CT molecular complexity index is 939. The lowest BCUT2D eigenvalue weighted by atomic mass is 10.1. The van der Waals surface area contributed by atoms with Crippen molar-refractivity contribution >= 4 is 16.8 Å². The lowest BCUT2D eigenvalue weighted by Crippen LogP contribution is -2.26. The van der Waals surface area contributed by atoms with Crippen LogP contribution in [0.2, 0.25) is 0 Å². The van der Waals surface area contributed by atoms with Gasteiger partial charge in [-0.15, -0.1) is 0 Å². The number of amides is 1. The summed E-state index contributed by atoms with van der Waals surface area (Å²) < 4.78 is 0. The van der Waals surface area contributed by atoms with Crippen LogP contribution in [0.4, 0.5) is 0 Å². The summed E-state index contributed by atoms with van der Waals surface area (Å²) in [4.78, 5) is 19.0. The SMILES string of the molecule is Cc1cc(C(=O)N(C)Cc2ccc(C#N)cc2)c2ccccc2n1. The number of para-hydroxylation sites is 1. The molecule has 1 aromatic heterocycles. The van der Waals surface area contributed by atoms with E-state index in [4.69, 9.17) is 5.26 Å². The van der Waals surface area contributed by atoms with Crippen LogP contribution in [-0.4, -0.2) is 22.8 Å². The van der Waals surface area contributed by atoms with Gasteiger partial charge in [-0.3, -0.25) is 9.78 Å². The summed E-state index contributed by atoms with van der Waals surface area (Å²) in [6.45, 7) is 2.38. The smallest absolute Gasteiger partial charge is 0.254 e. The zero-order chi connectivity index (χ0) is 17.1. The van der Waals surface area contributed by atoms with Crippen LogP contribution in [-0.2, 0) is 6.54 Å². The van der Waals surface area contributed by atoms with E-state index in [0.29, 0.717) is 17.7 Å². The van der Waals surface area contributed by atoms with Crippen molar-refractivity contribution in [2.24, 2.45) is 0 Å². The standard InChI is InChI=1S/C20H17N3O/c1-14-11-18(17-5-3-4-6-19(17)22-14)20(24)23(2)13-16-9-7-15(12-21)8-10-16/h3-11H,13H2,1-2H3. The summed E-state index contributed by atoms with van der Waals surface area (Å²) in [7, 11) is 1.78. The molecule has 1 amide bonds. The second kappa shape index (κ2) is 6.51. The van der Waals surface area contributed by atoms with Gasteiger partial charge in [0.1, 0.15) is 0 Å². The molecule has 0 radical (unpaired) electrons. The van der Waals surface area contributed by atoms with Gasteiger partial charge in [-0.1, -0.05) is 30.3 Å². The second-order valence-electron chi connectivity index (χ2n) is 5.80. The van der Waals surface area contributed by atoms with Gasteiger partial charge < -0.3 is 4.90 Å². The Morgan fingerprint density at radius 2 is 1.88 bits per heavy atom. The average molecular weight is 315 g/mol. The van der Waals surface area contributed by atoms with Gasteiger partial charge in [0, 0.05) is 24.7 Å². The molecule has 3 aromatic rings. The van der Waals surface area contributed by atoms with Crippen LogP contribution in [0.25, 0.3) is 10.9 Å². The summed E-state index contributed by atoms with van der Waals surface area (Å²) in [5, 5.41) is 9.71. The van der Waals surface area contributed by atoms with Gasteiger partial charge in [-0.05, 0) is 36.8 Å². The van der Waals surface area contributed by atoms with Crippen LogP contribution in [0.15, 0.2) is 54.6 Å². The molecule has 0 fully saturated rings. The molecule has 2 aromatic carbocycles. The molecule has 0 unspecified atom stereocenters. The average Bonchev–Trinajstić information content (AvgIpc) is 2.61. The van der Waals surface area contributed by atoms with Crippen molar-refractivity contribution in [3.05, 3.63) is 77.0 Å². The molecule has 0 aliphatic rings. The molecule has 0 bridgehead atoms. The Kier molecular flexibility index (Phi) is 4.26. The Morgan fingerprint density at radius 1 is 1.17 bits per heavy atom.